The molecule has 86 heavy (non-hydrogen) atoms. The Morgan fingerprint density at radius 1 is 0.523 bits per heavy atom. The van der Waals surface area contributed by atoms with Crippen molar-refractivity contribution in [3.8, 4) is 0 Å². The lowest BCUT2D eigenvalue weighted by Gasteiger charge is -2.29. The number of nitrogens with zero attached hydrogens (tertiary/aromatic N) is 1. The van der Waals surface area contributed by atoms with E-state index in [4.69, 9.17) is 17.2 Å². The number of amides is 8. The average Bonchev–Trinajstić information content (AvgIpc) is 3.94. The van der Waals surface area contributed by atoms with Crippen LogP contribution in [0, 0.1) is 64.1 Å². The Morgan fingerprint density at radius 3 is 1.48 bits per heavy atom. The molecule has 0 aliphatic heterocycles. The molecule has 0 fully saturated rings. The van der Waals surface area contributed by atoms with E-state index in [9.17, 15) is 82.3 Å². The first kappa shape index (κ1) is 68.8. The van der Waals surface area contributed by atoms with Gasteiger partial charge in [0.15, 0.2) is 46.5 Å². The number of thiol groups is 2. The number of aromatic nitrogens is 2. The molecule has 466 valence electrons. The van der Waals surface area contributed by atoms with Gasteiger partial charge in [-0.05, 0) is 55.0 Å². The Balaban J connectivity index is 1.39. The number of carbonyl (C=O) groups excluding carboxylic acids is 8. The number of unbranched alkanes of at least 4 members (excludes halogenated alkanes) is 1. The maximum atomic E-state index is 14.7. The summed E-state index contributed by atoms with van der Waals surface area (Å²) in [6.45, 7) is 3.10. The molecule has 20 nitrogen and oxygen atoms in total. The second-order valence-electron chi connectivity index (χ2n) is 19.9. The van der Waals surface area contributed by atoms with Gasteiger partial charge in [-0.3, -0.25) is 43.3 Å². The summed E-state index contributed by atoms with van der Waals surface area (Å²) >= 11 is 8.18. The number of primary amides is 1. The van der Waals surface area contributed by atoms with Crippen molar-refractivity contribution in [1.82, 2.24) is 47.2 Å². The monoisotopic (exact) mass is 1260 g/mol. The van der Waals surface area contributed by atoms with Crippen LogP contribution in [0.3, 0.4) is 0 Å². The Kier molecular flexibility index (Phi) is 25.1. The minimum Gasteiger partial charge on any atom is -0.368 e. The molecule has 8 atom stereocenters. The Labute approximate surface area is 494 Å². The zero-order valence-corrected chi connectivity index (χ0v) is 47.4. The number of H-pyrrole nitrogens is 1. The molecule has 32 heteroatoms. The predicted molar refractivity (Wildman–Crippen MR) is 296 cm³/mol. The fourth-order valence-electron chi connectivity index (χ4n) is 8.66. The first-order chi connectivity index (χ1) is 40.6. The molecule has 14 N–H and O–H groups in total. The van der Waals surface area contributed by atoms with Gasteiger partial charge >= 0.3 is 0 Å². The fraction of sp³-hybridized carbons (Fsp3) is 0.389. The Bertz CT molecular complexity index is 3260. The Morgan fingerprint density at radius 2 is 0.977 bits per heavy atom. The van der Waals surface area contributed by atoms with Crippen LogP contribution in [-0.2, 0) is 64.0 Å². The van der Waals surface area contributed by atoms with Crippen LogP contribution >= 0.6 is 25.3 Å². The normalized spacial score (nSPS) is 14.2. The first-order valence-corrected chi connectivity index (χ1v) is 27.5. The van der Waals surface area contributed by atoms with Crippen LogP contribution in [0.4, 0.5) is 43.9 Å². The molecule has 2 aromatic heterocycles. The van der Waals surface area contributed by atoms with Gasteiger partial charge in [0.1, 0.15) is 42.3 Å². The zero-order valence-electron chi connectivity index (χ0n) is 45.6. The molecule has 5 aromatic rings. The number of aromatic amines is 1. The van der Waals surface area contributed by atoms with Crippen LogP contribution in [0.1, 0.15) is 55.4 Å². The summed E-state index contributed by atoms with van der Waals surface area (Å²) < 4.78 is 141. The molecule has 0 saturated heterocycles. The third kappa shape index (κ3) is 17.4. The summed E-state index contributed by atoms with van der Waals surface area (Å²) in [6, 6.07) is -3.84. The molecular formula is C54H60F10N12O8S2. The summed E-state index contributed by atoms with van der Waals surface area (Å²) in [5.41, 5.74) is 15.4. The van der Waals surface area contributed by atoms with E-state index in [1.807, 2.05) is 5.32 Å². The number of nitrogens with one attached hydrogen (secondary N) is 8. The van der Waals surface area contributed by atoms with Gasteiger partial charge in [-0.25, -0.2) is 43.9 Å². The van der Waals surface area contributed by atoms with E-state index in [0.29, 0.717) is 28.5 Å². The van der Waals surface area contributed by atoms with Crippen molar-refractivity contribution < 1.29 is 82.3 Å². The molecule has 5 rings (SSSR count). The minimum absolute atomic E-state index is 0.129. The summed E-state index contributed by atoms with van der Waals surface area (Å²) in [4.78, 5) is 118. The van der Waals surface area contributed by atoms with Crippen LogP contribution in [0.2, 0.25) is 0 Å². The van der Waals surface area contributed by atoms with E-state index in [2.05, 4.69) is 67.1 Å². The number of hydrogen-bond donors (Lipinski definition) is 13. The molecule has 0 saturated carbocycles. The number of pyridine rings is 1. The van der Waals surface area contributed by atoms with Gasteiger partial charge in [-0.15, -0.1) is 0 Å². The number of carbonyl (C=O) groups is 8. The maximum Gasteiger partial charge on any atom is 0.244 e. The highest BCUT2D eigenvalue weighted by Crippen LogP contribution is 2.26. The second kappa shape index (κ2) is 31.4. The van der Waals surface area contributed by atoms with Crippen LogP contribution in [0.25, 0.3) is 10.9 Å². The predicted octanol–water partition coefficient (Wildman–Crippen LogP) is 2.08. The van der Waals surface area contributed by atoms with Gasteiger partial charge < -0.3 is 59.4 Å². The Hall–Kier alpha value is -7.97. The topological polar surface area (TPSA) is 328 Å². The highest BCUT2D eigenvalue weighted by atomic mass is 32.1. The van der Waals surface area contributed by atoms with Gasteiger partial charge in [-0.2, -0.15) is 25.3 Å². The summed E-state index contributed by atoms with van der Waals surface area (Å²) in [5, 5.41) is 17.3. The number of para-hydroxylation sites is 1. The van der Waals surface area contributed by atoms with Gasteiger partial charge in [0, 0.05) is 77.8 Å². The average molecular weight is 1260 g/mol. The van der Waals surface area contributed by atoms with Crippen LogP contribution in [0.15, 0.2) is 55.0 Å². The fourth-order valence-corrected chi connectivity index (χ4v) is 9.17. The molecular weight excluding hydrogens is 1200 g/mol. The standard InChI is InChI=1S/C54H60F10N12O8S2/c1-22(2)46(54(84)75-35(21-86)52(82)71-31(47(67)77)17-27-38(57)42(61)45(64)43(62)39(27)58)76-49(79)30(11-5-6-12-65)70-51(81)33(15-24-19-69-29-10-4-3-9-25(24)29)73-50(80)32(14-23-8-7-13-68-18-23)72-53(83)34(20-85)74-48(78)28(66)16-26-36(55)40(59)44(63)41(60)37(26)56/h3-4,7-10,13,18-19,22,28,30-35,46,69,85-86H,5-6,11-12,14-17,20-21,65-66H2,1-2H3,(H2,67,77)(H,70,81)(H,71,82)(H,72,83)(H,73,80)(H,74,78)(H,75,84)(H,76,79)/t28-,30-,31-,32-,33+,34+,35-,46-/m0/s1. The van der Waals surface area contributed by atoms with E-state index in [1.54, 1.807) is 30.5 Å². The zero-order chi connectivity index (χ0) is 63.9. The van der Waals surface area contributed by atoms with E-state index in [1.165, 1.54) is 38.4 Å². The van der Waals surface area contributed by atoms with Crippen molar-refractivity contribution in [2.75, 3.05) is 18.1 Å². The molecule has 0 aliphatic carbocycles. The molecule has 3 aromatic carbocycles. The van der Waals surface area contributed by atoms with Crippen molar-refractivity contribution in [3.63, 3.8) is 0 Å². The molecule has 0 unspecified atom stereocenters. The highest BCUT2D eigenvalue weighted by Gasteiger charge is 2.37. The third-order valence-electron chi connectivity index (χ3n) is 13.4. The van der Waals surface area contributed by atoms with E-state index in [-0.39, 0.29) is 32.2 Å². The molecule has 2 heterocycles. The van der Waals surface area contributed by atoms with Gasteiger partial charge in [0.25, 0.3) is 0 Å². The summed E-state index contributed by atoms with van der Waals surface area (Å²) in [7, 11) is 0. The minimum atomic E-state index is -2.48. The number of nitrogens with two attached hydrogens (primary N) is 3. The van der Waals surface area contributed by atoms with Gasteiger partial charge in [-0.1, -0.05) is 38.1 Å². The van der Waals surface area contributed by atoms with Crippen molar-refractivity contribution in [2.45, 2.75) is 107 Å². The number of benzene rings is 3. The molecule has 0 aliphatic rings. The number of hydrogen-bond acceptors (Lipinski definition) is 13. The molecule has 0 bridgehead atoms. The van der Waals surface area contributed by atoms with Crippen molar-refractivity contribution >= 4 is 83.4 Å². The summed E-state index contributed by atoms with van der Waals surface area (Å²) in [5.74, 6) is -34.3. The molecule has 0 radical (unpaired) electrons. The van der Waals surface area contributed by atoms with Crippen molar-refractivity contribution in [2.24, 2.45) is 23.1 Å². The van der Waals surface area contributed by atoms with E-state index in [0.717, 1.165) is 0 Å². The molecule has 8 amide bonds. The quantitative estimate of drug-likeness (QED) is 0.0104. The third-order valence-corrected chi connectivity index (χ3v) is 14.1. The molecule has 0 spiro atoms. The second-order valence-corrected chi connectivity index (χ2v) is 20.6. The SMILES string of the molecule is CC(C)[C@H](NC(=O)[C@H](CCCCN)NC(=O)[C@@H](Cc1c[nH]c2ccccc12)NC(=O)[C@H](Cc1cccnc1)NC(=O)[C@@H](CS)NC(=O)[C@@H](N)Cc1c(F)c(F)c(F)c(F)c1F)C(=O)N[C@@H](CS)C(=O)N[C@@H](Cc1c(F)c(F)c(F)c(F)c1F)C(N)=O. The highest BCUT2D eigenvalue weighted by molar-refractivity contribution is 7.80. The van der Waals surface area contributed by atoms with Crippen LogP contribution in [-0.4, -0.2) is 124 Å². The maximum absolute atomic E-state index is 14.7. The van der Waals surface area contributed by atoms with Gasteiger partial charge in [0.2, 0.25) is 58.9 Å². The van der Waals surface area contributed by atoms with Gasteiger partial charge in [0.05, 0.1) is 6.04 Å². The van der Waals surface area contributed by atoms with E-state index >= 15 is 0 Å². The summed E-state index contributed by atoms with van der Waals surface area (Å²) in [6.07, 6.45) is 1.55. The van der Waals surface area contributed by atoms with Crippen LogP contribution in [0.5, 0.6) is 0 Å². The lowest BCUT2D eigenvalue weighted by molar-refractivity contribution is -0.136. The first-order valence-electron chi connectivity index (χ1n) is 26.2. The number of rotatable bonds is 30. The van der Waals surface area contributed by atoms with Crippen molar-refractivity contribution in [1.29, 1.82) is 0 Å². The van der Waals surface area contributed by atoms with Crippen LogP contribution < -0.4 is 54.4 Å². The number of halogens is 10. The van der Waals surface area contributed by atoms with Crippen molar-refractivity contribution in [3.05, 3.63) is 135 Å². The smallest absolute Gasteiger partial charge is 0.244 e. The lowest BCUT2D eigenvalue weighted by Crippen LogP contribution is -2.61. The lowest BCUT2D eigenvalue weighted by atomic mass is 10.00. The number of fused-ring (bicyclic) bond motifs is 1. The largest absolute Gasteiger partial charge is 0.368 e. The van der Waals surface area contributed by atoms with E-state index < -0.39 is 195 Å².